The van der Waals surface area contributed by atoms with Crippen LogP contribution in [-0.4, -0.2) is 16.2 Å². The molecule has 3 aromatic heterocycles. The maximum atomic E-state index is 6.77. The predicted molar refractivity (Wildman–Crippen MR) is 238 cm³/mol. The Morgan fingerprint density at radius 2 is 1.16 bits per heavy atom. The van der Waals surface area contributed by atoms with Gasteiger partial charge in [-0.3, -0.25) is 0 Å². The molecule has 4 heterocycles. The molecule has 0 fully saturated rings. The Kier molecular flexibility index (Phi) is 7.09. The Morgan fingerprint density at radius 3 is 1.95 bits per heavy atom. The molecule has 5 nitrogen and oxygen atoms in total. The second-order valence-corrected chi connectivity index (χ2v) is 15.7. The van der Waals surface area contributed by atoms with E-state index in [4.69, 9.17) is 14.4 Å². The fraction of sp³-hybridized carbons (Fsp3) is 0.0196. The van der Waals surface area contributed by atoms with E-state index in [1.54, 1.807) is 0 Å². The molecule has 6 heteroatoms. The van der Waals surface area contributed by atoms with Crippen molar-refractivity contribution in [3.63, 3.8) is 0 Å². The van der Waals surface area contributed by atoms with Gasteiger partial charge in [0.1, 0.15) is 23.2 Å². The average Bonchev–Trinajstić information content (AvgIpc) is 3.95. The van der Waals surface area contributed by atoms with Gasteiger partial charge in [-0.25, -0.2) is 9.98 Å². The first kappa shape index (κ1) is 32.0. The minimum atomic E-state index is -0.268. The molecule has 0 bridgehead atoms. The molecule has 1 unspecified atom stereocenters. The molecule has 0 saturated carbocycles. The van der Waals surface area contributed by atoms with E-state index in [0.717, 1.165) is 55.6 Å². The molecule has 0 spiro atoms. The highest BCUT2D eigenvalue weighted by molar-refractivity contribution is 7.25. The van der Waals surface area contributed by atoms with Gasteiger partial charge in [0.15, 0.2) is 5.84 Å². The molecule has 8 aromatic carbocycles. The largest absolute Gasteiger partial charge is 0.455 e. The van der Waals surface area contributed by atoms with E-state index in [-0.39, 0.29) is 6.17 Å². The van der Waals surface area contributed by atoms with Gasteiger partial charge in [-0.1, -0.05) is 140 Å². The molecule has 0 amide bonds. The quantitative estimate of drug-likeness (QED) is 0.191. The number of hydrogen-bond donors (Lipinski definition) is 1. The number of nitrogens with one attached hydrogen (secondary N) is 1. The van der Waals surface area contributed by atoms with Crippen molar-refractivity contribution in [3.05, 3.63) is 199 Å². The van der Waals surface area contributed by atoms with Crippen LogP contribution in [0.1, 0.15) is 22.9 Å². The molecule has 57 heavy (non-hydrogen) atoms. The molecule has 268 valence electrons. The third kappa shape index (κ3) is 5.15. The van der Waals surface area contributed by atoms with Crippen molar-refractivity contribution < 1.29 is 4.42 Å². The monoisotopic (exact) mass is 748 g/mol. The number of para-hydroxylation sites is 3. The average molecular weight is 749 g/mol. The molecule has 12 rings (SSSR count). The maximum absolute atomic E-state index is 6.77. The lowest BCUT2D eigenvalue weighted by Crippen LogP contribution is -2.33. The minimum absolute atomic E-state index is 0.268. The van der Waals surface area contributed by atoms with Crippen molar-refractivity contribution in [2.75, 3.05) is 0 Å². The summed E-state index contributed by atoms with van der Waals surface area (Å²) in [6.45, 7) is 0. The molecule has 11 aromatic rings. The SMILES string of the molecule is c1ccc(C2=NC(c3ccc4c(c3)oc3c(-c5ccc6c(c5)sc5cc(-n7c8ccccc8c8ccccc87)ccc56)cccc34)=NC(c3ccccc3)N2)cc1. The lowest BCUT2D eigenvalue weighted by atomic mass is 10.0. The van der Waals surface area contributed by atoms with Gasteiger partial charge in [0.25, 0.3) is 0 Å². The highest BCUT2D eigenvalue weighted by Crippen LogP contribution is 2.42. The van der Waals surface area contributed by atoms with E-state index in [9.17, 15) is 0 Å². The number of benzene rings is 8. The Balaban J connectivity index is 0.943. The van der Waals surface area contributed by atoms with Crippen molar-refractivity contribution in [2.45, 2.75) is 6.17 Å². The van der Waals surface area contributed by atoms with Crippen LogP contribution in [-0.2, 0) is 0 Å². The number of fused-ring (bicyclic) bond motifs is 9. The lowest BCUT2D eigenvalue weighted by molar-refractivity contribution is 0.668. The number of furan rings is 1. The maximum Gasteiger partial charge on any atom is 0.159 e. The first-order valence-corrected chi connectivity index (χ1v) is 20.0. The van der Waals surface area contributed by atoms with Gasteiger partial charge in [-0.2, -0.15) is 0 Å². The van der Waals surface area contributed by atoms with Crippen LogP contribution < -0.4 is 5.32 Å². The van der Waals surface area contributed by atoms with Gasteiger partial charge in [0, 0.05) is 64.1 Å². The lowest BCUT2D eigenvalue weighted by Gasteiger charge is -2.23. The Morgan fingerprint density at radius 1 is 0.509 bits per heavy atom. The fourth-order valence-corrected chi connectivity index (χ4v) is 9.74. The van der Waals surface area contributed by atoms with Gasteiger partial charge in [-0.15, -0.1) is 11.3 Å². The van der Waals surface area contributed by atoms with Crippen LogP contribution in [0.15, 0.2) is 196 Å². The van der Waals surface area contributed by atoms with Crippen LogP contribution in [0, 0.1) is 0 Å². The standard InChI is InChI=1S/C51H32N4OS/c1-3-12-31(13-4-1)49-52-50(32-14-5-2-6-15-32)54-51(53-49)34-23-25-39-42-19-11-18-36(48(42)56-45(39)28-34)33-22-26-40-41-27-24-35(30-47(41)57-46(40)29-33)55-43-20-9-7-16-37(43)38-17-8-10-21-44(38)55/h1-30,49H,(H,52,53,54). The highest BCUT2D eigenvalue weighted by Gasteiger charge is 2.22. The Hall–Kier alpha value is -7.28. The number of rotatable bonds is 5. The summed E-state index contributed by atoms with van der Waals surface area (Å²) in [5.41, 5.74) is 10.5. The van der Waals surface area contributed by atoms with Gasteiger partial charge in [-0.05, 0) is 53.6 Å². The van der Waals surface area contributed by atoms with Crippen molar-refractivity contribution >= 4 is 86.9 Å². The predicted octanol–water partition coefficient (Wildman–Crippen LogP) is 13.2. The van der Waals surface area contributed by atoms with Crippen molar-refractivity contribution in [1.29, 1.82) is 0 Å². The second kappa shape index (κ2) is 12.6. The van der Waals surface area contributed by atoms with Gasteiger partial charge >= 0.3 is 0 Å². The van der Waals surface area contributed by atoms with Gasteiger partial charge in [0.05, 0.1) is 11.0 Å². The minimum Gasteiger partial charge on any atom is -0.455 e. The van der Waals surface area contributed by atoms with Crippen LogP contribution in [0.3, 0.4) is 0 Å². The van der Waals surface area contributed by atoms with Crippen LogP contribution >= 0.6 is 11.3 Å². The smallest absolute Gasteiger partial charge is 0.159 e. The summed E-state index contributed by atoms with van der Waals surface area (Å²) < 4.78 is 11.7. The second-order valence-electron chi connectivity index (χ2n) is 14.6. The zero-order chi connectivity index (χ0) is 37.5. The van der Waals surface area contributed by atoms with Crippen LogP contribution in [0.5, 0.6) is 0 Å². The van der Waals surface area contributed by atoms with Crippen LogP contribution in [0.4, 0.5) is 0 Å². The normalized spacial score (nSPS) is 14.5. The van der Waals surface area contributed by atoms with E-state index < -0.39 is 0 Å². The fourth-order valence-electron chi connectivity index (χ4n) is 8.57. The summed E-state index contributed by atoms with van der Waals surface area (Å²) in [6.07, 6.45) is -0.268. The summed E-state index contributed by atoms with van der Waals surface area (Å²) >= 11 is 1.84. The first-order valence-electron chi connectivity index (χ1n) is 19.2. The van der Waals surface area contributed by atoms with Gasteiger partial charge in [0.2, 0.25) is 0 Å². The molecule has 1 N–H and O–H groups in total. The molecule has 0 aliphatic carbocycles. The van der Waals surface area contributed by atoms with Gasteiger partial charge < -0.3 is 14.3 Å². The summed E-state index contributed by atoms with van der Waals surface area (Å²) in [5.74, 6) is 1.46. The summed E-state index contributed by atoms with van der Waals surface area (Å²) in [6, 6.07) is 64.4. The number of aromatic nitrogens is 1. The molecule has 0 radical (unpaired) electrons. The third-order valence-corrected chi connectivity index (χ3v) is 12.4. The van der Waals surface area contributed by atoms with E-state index >= 15 is 0 Å². The van der Waals surface area contributed by atoms with E-state index in [1.165, 1.54) is 47.7 Å². The zero-order valence-corrected chi connectivity index (χ0v) is 31.4. The molecule has 1 atom stereocenters. The van der Waals surface area contributed by atoms with Crippen molar-refractivity contribution in [3.8, 4) is 16.8 Å². The summed E-state index contributed by atoms with van der Waals surface area (Å²) in [5, 5.41) is 10.8. The molecule has 1 aliphatic heterocycles. The Bertz CT molecular complexity index is 3390. The molecule has 0 saturated heterocycles. The number of nitrogens with zero attached hydrogens (tertiary/aromatic N) is 3. The first-order chi connectivity index (χ1) is 28.2. The third-order valence-electron chi connectivity index (χ3n) is 11.3. The molecule has 1 aliphatic rings. The number of thiophene rings is 1. The van der Waals surface area contributed by atoms with Crippen LogP contribution in [0.25, 0.3) is 80.7 Å². The number of amidine groups is 2. The highest BCUT2D eigenvalue weighted by atomic mass is 32.1. The van der Waals surface area contributed by atoms with E-state index in [0.29, 0.717) is 5.84 Å². The Labute approximate surface area is 331 Å². The van der Waals surface area contributed by atoms with E-state index in [2.05, 4.69) is 155 Å². The number of aliphatic imine (C=N–C) groups is 2. The van der Waals surface area contributed by atoms with Crippen molar-refractivity contribution in [2.24, 2.45) is 9.98 Å². The van der Waals surface area contributed by atoms with E-state index in [1.807, 2.05) is 47.7 Å². The topological polar surface area (TPSA) is 54.8 Å². The summed E-state index contributed by atoms with van der Waals surface area (Å²) in [7, 11) is 0. The molecular formula is C51H32N4OS. The summed E-state index contributed by atoms with van der Waals surface area (Å²) in [4.78, 5) is 10.1. The number of hydrogen-bond acceptors (Lipinski definition) is 5. The zero-order valence-electron chi connectivity index (χ0n) is 30.6. The van der Waals surface area contributed by atoms with Crippen molar-refractivity contribution in [1.82, 2.24) is 9.88 Å². The molecular weight excluding hydrogens is 717 g/mol. The van der Waals surface area contributed by atoms with Crippen LogP contribution in [0.2, 0.25) is 0 Å².